The maximum Gasteiger partial charge on any atom is 0.243 e. The number of nitrogens with zero attached hydrogens (tertiary/aromatic N) is 2. The summed E-state index contributed by atoms with van der Waals surface area (Å²) >= 11 is 0. The molecule has 2 saturated heterocycles. The summed E-state index contributed by atoms with van der Waals surface area (Å²) in [7, 11) is 0. The fourth-order valence-corrected chi connectivity index (χ4v) is 5.08. The Bertz CT molecular complexity index is 731. The third kappa shape index (κ3) is 3.49. The lowest BCUT2D eigenvalue weighted by molar-refractivity contribution is -0.147. The third-order valence-electron chi connectivity index (χ3n) is 6.66. The van der Waals surface area contributed by atoms with Gasteiger partial charge in [0.05, 0.1) is 17.9 Å². The maximum absolute atomic E-state index is 13.2. The average molecular weight is 386 g/mol. The van der Waals surface area contributed by atoms with Crippen molar-refractivity contribution in [2.75, 3.05) is 13.1 Å². The first-order chi connectivity index (χ1) is 13.6. The van der Waals surface area contributed by atoms with Crippen molar-refractivity contribution in [3.63, 3.8) is 0 Å². The Morgan fingerprint density at radius 2 is 1.68 bits per heavy atom. The van der Waals surface area contributed by atoms with Gasteiger partial charge in [0.2, 0.25) is 17.7 Å². The molecule has 152 valence electrons. The lowest BCUT2D eigenvalue weighted by Crippen LogP contribution is -2.44. The number of rotatable bonds is 4. The number of fused-ring (bicyclic) bond motifs is 1. The second-order valence-electron chi connectivity index (χ2n) is 8.37. The Balaban J connectivity index is 1.51. The van der Waals surface area contributed by atoms with E-state index in [-0.39, 0.29) is 42.1 Å². The van der Waals surface area contributed by atoms with E-state index in [1.165, 1.54) is 4.90 Å². The molecule has 0 unspecified atom stereocenters. The van der Waals surface area contributed by atoms with Crippen molar-refractivity contribution in [2.24, 2.45) is 11.8 Å². The minimum Gasteiger partial charge on any atom is -0.464 e. The predicted molar refractivity (Wildman–Crippen MR) is 103 cm³/mol. The number of imide groups is 1. The van der Waals surface area contributed by atoms with Crippen LogP contribution in [0.1, 0.15) is 75.9 Å². The maximum atomic E-state index is 13.2. The number of furan rings is 1. The topological polar surface area (TPSA) is 70.8 Å². The predicted octanol–water partition coefficient (Wildman–Crippen LogP) is 3.46. The van der Waals surface area contributed by atoms with Crippen LogP contribution in [0, 0.1) is 11.8 Å². The monoisotopic (exact) mass is 386 g/mol. The lowest BCUT2D eigenvalue weighted by atomic mass is 9.81. The van der Waals surface area contributed by atoms with Gasteiger partial charge in [-0.25, -0.2) is 0 Å². The molecule has 3 heterocycles. The van der Waals surface area contributed by atoms with Crippen LogP contribution < -0.4 is 0 Å². The molecule has 3 aliphatic rings. The molecule has 4 rings (SSSR count). The summed E-state index contributed by atoms with van der Waals surface area (Å²) in [5, 5.41) is 0. The minimum atomic E-state index is -0.203. The highest BCUT2D eigenvalue weighted by atomic mass is 16.3. The Morgan fingerprint density at radius 1 is 1.00 bits per heavy atom. The van der Waals surface area contributed by atoms with Crippen molar-refractivity contribution in [3.8, 4) is 0 Å². The molecule has 1 aliphatic carbocycles. The van der Waals surface area contributed by atoms with Crippen LogP contribution in [0.3, 0.4) is 0 Å². The van der Waals surface area contributed by atoms with E-state index in [1.54, 1.807) is 0 Å². The van der Waals surface area contributed by atoms with Crippen molar-refractivity contribution in [1.82, 2.24) is 9.80 Å². The Hall–Kier alpha value is -2.11. The van der Waals surface area contributed by atoms with Crippen molar-refractivity contribution < 1.29 is 18.8 Å². The van der Waals surface area contributed by atoms with E-state index in [1.807, 2.05) is 24.0 Å². The Kier molecular flexibility index (Phi) is 5.56. The molecule has 3 atom stereocenters. The number of carbonyl (C=O) groups excluding carboxylic acids is 3. The normalized spacial score (nSPS) is 28.4. The van der Waals surface area contributed by atoms with E-state index in [0.717, 1.165) is 69.3 Å². The van der Waals surface area contributed by atoms with Crippen LogP contribution in [0.4, 0.5) is 0 Å². The van der Waals surface area contributed by atoms with Gasteiger partial charge in [-0.2, -0.15) is 0 Å². The molecular formula is C22H30N2O4. The molecule has 3 fully saturated rings. The fraction of sp³-hybridized carbons (Fsp3) is 0.682. The molecule has 6 heteroatoms. The van der Waals surface area contributed by atoms with Crippen molar-refractivity contribution in [2.45, 2.75) is 70.8 Å². The van der Waals surface area contributed by atoms with Gasteiger partial charge in [-0.1, -0.05) is 32.6 Å². The van der Waals surface area contributed by atoms with Crippen molar-refractivity contribution in [3.05, 3.63) is 23.7 Å². The molecule has 3 amide bonds. The Labute approximate surface area is 166 Å². The van der Waals surface area contributed by atoms with Gasteiger partial charge in [0.25, 0.3) is 0 Å². The molecule has 0 aromatic carbocycles. The quantitative estimate of drug-likeness (QED) is 0.743. The molecule has 0 bridgehead atoms. The van der Waals surface area contributed by atoms with Crippen LogP contribution in [0.25, 0.3) is 0 Å². The molecule has 1 saturated carbocycles. The zero-order chi connectivity index (χ0) is 19.7. The van der Waals surface area contributed by atoms with E-state index in [0.29, 0.717) is 6.54 Å². The molecule has 1 aromatic rings. The fourth-order valence-electron chi connectivity index (χ4n) is 5.08. The van der Waals surface area contributed by atoms with Gasteiger partial charge in [0.1, 0.15) is 18.1 Å². The van der Waals surface area contributed by atoms with Gasteiger partial charge in [-0.15, -0.1) is 0 Å². The van der Waals surface area contributed by atoms with Gasteiger partial charge in [-0.3, -0.25) is 19.3 Å². The smallest absolute Gasteiger partial charge is 0.243 e. The van der Waals surface area contributed by atoms with Gasteiger partial charge in [0, 0.05) is 13.0 Å². The second kappa shape index (κ2) is 8.10. The summed E-state index contributed by atoms with van der Waals surface area (Å²) < 4.78 is 5.96. The average Bonchev–Trinajstić information content (AvgIpc) is 3.17. The summed E-state index contributed by atoms with van der Waals surface area (Å²) in [6, 6.07) is 3.84. The first-order valence-corrected chi connectivity index (χ1v) is 10.8. The van der Waals surface area contributed by atoms with Crippen LogP contribution in [-0.2, 0) is 20.8 Å². The van der Waals surface area contributed by atoms with Crippen LogP contribution in [0.15, 0.2) is 16.5 Å². The zero-order valence-corrected chi connectivity index (χ0v) is 16.7. The number of likely N-dealkylation sites (tertiary alicyclic amines) is 2. The lowest BCUT2D eigenvalue weighted by Gasteiger charge is -2.30. The highest BCUT2D eigenvalue weighted by Gasteiger charge is 2.49. The largest absolute Gasteiger partial charge is 0.464 e. The van der Waals surface area contributed by atoms with E-state index in [2.05, 4.69) is 0 Å². The first-order valence-electron chi connectivity index (χ1n) is 10.8. The molecule has 1 aromatic heterocycles. The van der Waals surface area contributed by atoms with E-state index >= 15 is 0 Å². The molecule has 6 nitrogen and oxygen atoms in total. The summed E-state index contributed by atoms with van der Waals surface area (Å²) in [4.78, 5) is 41.8. The number of aryl methyl sites for hydroxylation is 1. The van der Waals surface area contributed by atoms with Crippen LogP contribution in [0.5, 0.6) is 0 Å². The molecule has 0 radical (unpaired) electrons. The van der Waals surface area contributed by atoms with Crippen LogP contribution >= 0.6 is 0 Å². The molecule has 0 N–H and O–H groups in total. The van der Waals surface area contributed by atoms with Crippen molar-refractivity contribution in [1.29, 1.82) is 0 Å². The molecule has 28 heavy (non-hydrogen) atoms. The molecule has 2 aliphatic heterocycles. The van der Waals surface area contributed by atoms with Crippen LogP contribution in [-0.4, -0.2) is 40.6 Å². The number of amides is 3. The van der Waals surface area contributed by atoms with Gasteiger partial charge in [0.15, 0.2) is 0 Å². The van der Waals surface area contributed by atoms with E-state index < -0.39 is 0 Å². The SMILES string of the molecule is CCc1ccc([C@@H]2CCCCCN2C(=O)CN2C(=O)[C@H]3CCCC[C@@H]3C2=O)o1. The summed E-state index contributed by atoms with van der Waals surface area (Å²) in [5.74, 6) is 0.917. The van der Waals surface area contributed by atoms with Crippen molar-refractivity contribution >= 4 is 17.7 Å². The minimum absolute atomic E-state index is 0.106. The van der Waals surface area contributed by atoms with Crippen LogP contribution in [0.2, 0.25) is 0 Å². The zero-order valence-electron chi connectivity index (χ0n) is 16.7. The third-order valence-corrected chi connectivity index (χ3v) is 6.66. The highest BCUT2D eigenvalue weighted by Crippen LogP contribution is 2.38. The van der Waals surface area contributed by atoms with E-state index in [9.17, 15) is 14.4 Å². The second-order valence-corrected chi connectivity index (χ2v) is 8.37. The summed E-state index contributed by atoms with van der Waals surface area (Å²) in [6.45, 7) is 2.57. The first kappa shape index (κ1) is 19.2. The van der Waals surface area contributed by atoms with E-state index in [4.69, 9.17) is 4.42 Å². The number of carbonyl (C=O) groups is 3. The summed E-state index contributed by atoms with van der Waals surface area (Å²) in [5.41, 5.74) is 0. The van der Waals surface area contributed by atoms with Gasteiger partial charge in [-0.05, 0) is 37.8 Å². The molecule has 0 spiro atoms. The van der Waals surface area contributed by atoms with Gasteiger partial charge < -0.3 is 9.32 Å². The Morgan fingerprint density at radius 3 is 2.32 bits per heavy atom. The number of hydrogen-bond donors (Lipinski definition) is 0. The summed E-state index contributed by atoms with van der Waals surface area (Å²) in [6.07, 6.45) is 8.28. The van der Waals surface area contributed by atoms with Gasteiger partial charge >= 0.3 is 0 Å². The number of hydrogen-bond acceptors (Lipinski definition) is 4. The standard InChI is InChI=1S/C22H30N2O4/c1-2-15-11-12-19(28-15)18-10-4-3-7-13-23(18)20(25)14-24-21(26)16-8-5-6-9-17(16)22(24)27/h11-12,16-18H,2-10,13-14H2,1H3/t16-,17-,18-/m0/s1. The highest BCUT2D eigenvalue weighted by molar-refractivity contribution is 6.07. The molecular weight excluding hydrogens is 356 g/mol.